The largest absolute Gasteiger partial charge is 0.379 e. The van der Waals surface area contributed by atoms with Crippen molar-refractivity contribution in [2.45, 2.75) is 31.6 Å². The summed E-state index contributed by atoms with van der Waals surface area (Å²) in [4.78, 5) is 0. The minimum atomic E-state index is -0.115. The van der Waals surface area contributed by atoms with Gasteiger partial charge in [0.25, 0.3) is 0 Å². The molecule has 1 heterocycles. The van der Waals surface area contributed by atoms with E-state index in [0.717, 1.165) is 25.3 Å². The second-order valence-corrected chi connectivity index (χ2v) is 6.20. The summed E-state index contributed by atoms with van der Waals surface area (Å²) in [6.45, 7) is 4.42. The first-order valence-electron chi connectivity index (χ1n) is 7.13. The van der Waals surface area contributed by atoms with E-state index in [0.29, 0.717) is 5.41 Å². The highest BCUT2D eigenvalue weighted by Gasteiger charge is 2.59. The third-order valence-electron chi connectivity index (χ3n) is 5.25. The molecule has 2 aliphatic rings. The summed E-state index contributed by atoms with van der Waals surface area (Å²) in [7, 11) is 2.02. The number of aryl methyl sites for hydroxylation is 1. The van der Waals surface area contributed by atoms with Crippen LogP contribution in [0.1, 0.15) is 30.4 Å². The van der Waals surface area contributed by atoms with Crippen LogP contribution in [0.3, 0.4) is 0 Å². The van der Waals surface area contributed by atoms with Crippen molar-refractivity contribution in [2.75, 3.05) is 26.8 Å². The molecule has 0 bridgehead atoms. The molecule has 1 N–H and O–H groups in total. The highest BCUT2D eigenvalue weighted by molar-refractivity contribution is 5.36. The molecular formula is C16H22FNO. The fourth-order valence-electron chi connectivity index (χ4n) is 3.79. The van der Waals surface area contributed by atoms with Crippen LogP contribution < -0.4 is 5.32 Å². The molecule has 0 spiro atoms. The van der Waals surface area contributed by atoms with Crippen LogP contribution in [0.15, 0.2) is 18.2 Å². The van der Waals surface area contributed by atoms with Crippen molar-refractivity contribution in [3.63, 3.8) is 0 Å². The van der Waals surface area contributed by atoms with Gasteiger partial charge in [0.2, 0.25) is 0 Å². The van der Waals surface area contributed by atoms with Crippen LogP contribution in [0.2, 0.25) is 0 Å². The van der Waals surface area contributed by atoms with Crippen molar-refractivity contribution in [1.82, 2.24) is 5.32 Å². The maximum Gasteiger partial charge on any atom is 0.126 e. The molecule has 1 aliphatic carbocycles. The lowest BCUT2D eigenvalue weighted by Gasteiger charge is -2.60. The Kier molecular flexibility index (Phi) is 3.14. The van der Waals surface area contributed by atoms with Gasteiger partial charge >= 0.3 is 0 Å². The third kappa shape index (κ3) is 1.75. The second-order valence-electron chi connectivity index (χ2n) is 6.20. The normalized spacial score (nSPS) is 23.5. The SMILES string of the molecule is CNCC1(C2(c3ccc(F)c(C)c3)COC2)CCC1. The standard InChI is InChI=1S/C16H22FNO/c1-12-8-13(4-5-14(12)17)16(10-19-11-16)15(9-18-2)6-3-7-15/h4-5,8,18H,3,6-7,9-11H2,1-2H3. The van der Waals surface area contributed by atoms with Crippen LogP contribution in [0, 0.1) is 18.2 Å². The second kappa shape index (κ2) is 4.57. The monoisotopic (exact) mass is 263 g/mol. The maximum absolute atomic E-state index is 13.5. The molecule has 0 atom stereocenters. The molecule has 3 heteroatoms. The molecule has 0 aromatic heterocycles. The van der Waals surface area contributed by atoms with E-state index >= 15 is 0 Å². The van der Waals surface area contributed by atoms with Gasteiger partial charge in [-0.25, -0.2) is 4.39 Å². The van der Waals surface area contributed by atoms with Gasteiger partial charge in [-0.2, -0.15) is 0 Å². The maximum atomic E-state index is 13.5. The smallest absolute Gasteiger partial charge is 0.126 e. The Bertz CT molecular complexity index is 478. The van der Waals surface area contributed by atoms with Gasteiger partial charge in [-0.3, -0.25) is 0 Å². The van der Waals surface area contributed by atoms with E-state index in [2.05, 4.69) is 5.32 Å². The number of hydrogen-bond donors (Lipinski definition) is 1. The van der Waals surface area contributed by atoms with Gasteiger partial charge in [0, 0.05) is 12.0 Å². The number of ether oxygens (including phenoxy) is 1. The Morgan fingerprint density at radius 3 is 2.47 bits per heavy atom. The molecule has 104 valence electrons. The van der Waals surface area contributed by atoms with Crippen LogP contribution in [0.5, 0.6) is 0 Å². The van der Waals surface area contributed by atoms with E-state index in [1.165, 1.54) is 24.8 Å². The number of nitrogens with one attached hydrogen (secondary N) is 1. The molecule has 0 radical (unpaired) electrons. The Morgan fingerprint density at radius 2 is 2.05 bits per heavy atom. The highest BCUT2D eigenvalue weighted by Crippen LogP contribution is 2.58. The van der Waals surface area contributed by atoms with E-state index in [1.54, 1.807) is 6.07 Å². The number of rotatable bonds is 4. The molecule has 3 rings (SSSR count). The van der Waals surface area contributed by atoms with Crippen molar-refractivity contribution in [1.29, 1.82) is 0 Å². The summed E-state index contributed by atoms with van der Waals surface area (Å²) in [5.74, 6) is -0.115. The molecule has 19 heavy (non-hydrogen) atoms. The number of hydrogen-bond acceptors (Lipinski definition) is 2. The summed E-state index contributed by atoms with van der Waals surface area (Å²) in [5, 5.41) is 3.35. The molecular weight excluding hydrogens is 241 g/mol. The zero-order chi connectivity index (χ0) is 13.5. The highest BCUT2D eigenvalue weighted by atomic mass is 19.1. The zero-order valence-electron chi connectivity index (χ0n) is 11.8. The van der Waals surface area contributed by atoms with Gasteiger partial charge < -0.3 is 10.1 Å². The first-order valence-corrected chi connectivity index (χ1v) is 7.13. The minimum absolute atomic E-state index is 0.0900. The lowest BCUT2D eigenvalue weighted by atomic mass is 9.49. The number of halogens is 1. The van der Waals surface area contributed by atoms with Crippen molar-refractivity contribution in [3.8, 4) is 0 Å². The van der Waals surface area contributed by atoms with Crippen molar-refractivity contribution in [2.24, 2.45) is 5.41 Å². The summed E-state index contributed by atoms with van der Waals surface area (Å²) in [6.07, 6.45) is 3.78. The van der Waals surface area contributed by atoms with Crippen LogP contribution in [0.4, 0.5) is 4.39 Å². The first-order chi connectivity index (χ1) is 9.13. The molecule has 1 saturated heterocycles. The van der Waals surface area contributed by atoms with Crippen LogP contribution in [-0.4, -0.2) is 26.8 Å². The van der Waals surface area contributed by atoms with E-state index in [1.807, 2.05) is 26.1 Å². The average molecular weight is 263 g/mol. The van der Waals surface area contributed by atoms with Gasteiger partial charge in [-0.15, -0.1) is 0 Å². The summed E-state index contributed by atoms with van der Waals surface area (Å²) in [6, 6.07) is 5.59. The average Bonchev–Trinajstić information content (AvgIpc) is 2.29. The first kappa shape index (κ1) is 13.1. The molecule has 1 saturated carbocycles. The van der Waals surface area contributed by atoms with E-state index < -0.39 is 0 Å². The Labute approximate surface area is 114 Å². The lowest BCUT2D eigenvalue weighted by molar-refractivity contribution is -0.156. The molecule has 1 aromatic rings. The van der Waals surface area contributed by atoms with Gasteiger partial charge in [0.1, 0.15) is 5.82 Å². The lowest BCUT2D eigenvalue weighted by Crippen LogP contribution is -2.64. The molecule has 1 aromatic carbocycles. The molecule has 2 fully saturated rings. The van der Waals surface area contributed by atoms with Crippen LogP contribution in [-0.2, 0) is 10.2 Å². The van der Waals surface area contributed by atoms with Gasteiger partial charge in [0.15, 0.2) is 0 Å². The van der Waals surface area contributed by atoms with Crippen LogP contribution in [0.25, 0.3) is 0 Å². The van der Waals surface area contributed by atoms with Crippen molar-refractivity contribution >= 4 is 0 Å². The Morgan fingerprint density at radius 1 is 1.32 bits per heavy atom. The third-order valence-corrected chi connectivity index (χ3v) is 5.25. The van der Waals surface area contributed by atoms with Crippen LogP contribution >= 0.6 is 0 Å². The van der Waals surface area contributed by atoms with Crippen molar-refractivity contribution in [3.05, 3.63) is 35.1 Å². The van der Waals surface area contributed by atoms with Gasteiger partial charge in [0.05, 0.1) is 13.2 Å². The molecule has 1 aliphatic heterocycles. The summed E-state index contributed by atoms with van der Waals surface area (Å²) < 4.78 is 19.1. The summed E-state index contributed by atoms with van der Waals surface area (Å²) >= 11 is 0. The molecule has 0 amide bonds. The van der Waals surface area contributed by atoms with E-state index in [9.17, 15) is 4.39 Å². The molecule has 0 unspecified atom stereocenters. The Balaban J connectivity index is 2.00. The Hall–Kier alpha value is -0.930. The fraction of sp³-hybridized carbons (Fsp3) is 0.625. The van der Waals surface area contributed by atoms with E-state index in [4.69, 9.17) is 4.74 Å². The predicted molar refractivity (Wildman–Crippen MR) is 73.8 cm³/mol. The zero-order valence-corrected chi connectivity index (χ0v) is 11.8. The fourth-order valence-corrected chi connectivity index (χ4v) is 3.79. The minimum Gasteiger partial charge on any atom is -0.379 e. The van der Waals surface area contributed by atoms with Gasteiger partial charge in [-0.05, 0) is 49.4 Å². The quantitative estimate of drug-likeness (QED) is 0.902. The van der Waals surface area contributed by atoms with E-state index in [-0.39, 0.29) is 11.2 Å². The van der Waals surface area contributed by atoms with Crippen molar-refractivity contribution < 1.29 is 9.13 Å². The summed E-state index contributed by atoms with van der Waals surface area (Å²) in [5.41, 5.74) is 2.38. The molecule has 2 nitrogen and oxygen atoms in total. The van der Waals surface area contributed by atoms with Gasteiger partial charge in [-0.1, -0.05) is 18.6 Å². The predicted octanol–water partition coefficient (Wildman–Crippen LogP) is 2.79. The number of benzene rings is 1. The topological polar surface area (TPSA) is 21.3 Å².